The van der Waals surface area contributed by atoms with Crippen LogP contribution in [0.3, 0.4) is 0 Å². The zero-order chi connectivity index (χ0) is 18.3. The number of likely N-dealkylation sites (N-methyl/N-ethyl adjacent to an activating group) is 1. The third-order valence-corrected chi connectivity index (χ3v) is 4.90. The maximum Gasteiger partial charge on any atom is 0.416 e. The van der Waals surface area contributed by atoms with Crippen molar-refractivity contribution >= 4 is 22.1 Å². The first-order valence-electron chi connectivity index (χ1n) is 8.57. The molecule has 134 valence electrons. The Balaban J connectivity index is 1.88. The lowest BCUT2D eigenvalue weighted by Gasteiger charge is -2.27. The number of anilines is 2. The van der Waals surface area contributed by atoms with Gasteiger partial charge in [0.15, 0.2) is 0 Å². The summed E-state index contributed by atoms with van der Waals surface area (Å²) in [5.74, 6) is 0. The van der Waals surface area contributed by atoms with Crippen LogP contribution in [0.5, 0.6) is 0 Å². The fourth-order valence-electron chi connectivity index (χ4n) is 3.61. The van der Waals surface area contributed by atoms with E-state index in [0.29, 0.717) is 12.1 Å². The molecule has 1 heterocycles. The van der Waals surface area contributed by atoms with Gasteiger partial charge in [0.25, 0.3) is 0 Å². The Bertz CT molecular complexity index is 944. The first-order chi connectivity index (χ1) is 12.4. The molecule has 0 aliphatic carbocycles. The van der Waals surface area contributed by atoms with Gasteiger partial charge in [-0.05, 0) is 42.3 Å². The number of alkyl halides is 3. The van der Waals surface area contributed by atoms with Crippen LogP contribution in [-0.4, -0.2) is 25.0 Å². The summed E-state index contributed by atoms with van der Waals surface area (Å²) in [4.78, 5) is 4.20. The number of nitrogens with zero attached hydrogens (tertiary/aromatic N) is 2. The van der Waals surface area contributed by atoms with Gasteiger partial charge in [-0.2, -0.15) is 13.2 Å². The highest BCUT2D eigenvalue weighted by atomic mass is 19.4. The van der Waals surface area contributed by atoms with Gasteiger partial charge in [-0.25, -0.2) is 0 Å². The number of halogens is 3. The van der Waals surface area contributed by atoms with E-state index in [9.17, 15) is 13.2 Å². The summed E-state index contributed by atoms with van der Waals surface area (Å²) in [5, 5.41) is 2.22. The van der Waals surface area contributed by atoms with Crippen LogP contribution in [0.4, 0.5) is 24.5 Å². The van der Waals surface area contributed by atoms with Gasteiger partial charge in [0.05, 0.1) is 5.56 Å². The lowest BCUT2D eigenvalue weighted by atomic mass is 10.0. The van der Waals surface area contributed by atoms with E-state index in [4.69, 9.17) is 0 Å². The number of fused-ring (bicyclic) bond motifs is 2. The smallest absolute Gasteiger partial charge is 0.339 e. The molecule has 5 heteroatoms. The zero-order valence-electron chi connectivity index (χ0n) is 14.4. The average molecular weight is 356 g/mol. The molecule has 0 spiro atoms. The maximum atomic E-state index is 13.2. The van der Waals surface area contributed by atoms with Crippen LogP contribution in [0.15, 0.2) is 60.7 Å². The van der Waals surface area contributed by atoms with Gasteiger partial charge < -0.3 is 9.80 Å². The zero-order valence-corrected chi connectivity index (χ0v) is 14.4. The van der Waals surface area contributed by atoms with Gasteiger partial charge in [0, 0.05) is 36.4 Å². The van der Waals surface area contributed by atoms with Crippen molar-refractivity contribution in [3.8, 4) is 0 Å². The molecule has 0 unspecified atom stereocenters. The molecule has 0 saturated carbocycles. The quantitative estimate of drug-likeness (QED) is 0.573. The van der Waals surface area contributed by atoms with E-state index in [1.165, 1.54) is 12.1 Å². The SMILES string of the molecule is CN1CCN(c2cccc3ccccc23)c2ccc(C(F)(F)F)cc2C1. The van der Waals surface area contributed by atoms with Gasteiger partial charge in [-0.15, -0.1) is 0 Å². The summed E-state index contributed by atoms with van der Waals surface area (Å²) in [5.41, 5.74) is 1.98. The van der Waals surface area contributed by atoms with E-state index in [0.717, 1.165) is 35.2 Å². The van der Waals surface area contributed by atoms with E-state index in [1.807, 2.05) is 31.3 Å². The van der Waals surface area contributed by atoms with Gasteiger partial charge >= 0.3 is 6.18 Å². The second kappa shape index (κ2) is 6.32. The monoisotopic (exact) mass is 356 g/mol. The second-order valence-electron chi connectivity index (χ2n) is 6.73. The molecule has 4 rings (SSSR count). The Hall–Kier alpha value is -2.53. The van der Waals surface area contributed by atoms with Crippen LogP contribution < -0.4 is 4.90 Å². The number of rotatable bonds is 1. The minimum absolute atomic E-state index is 0.501. The lowest BCUT2D eigenvalue weighted by molar-refractivity contribution is -0.137. The summed E-state index contributed by atoms with van der Waals surface area (Å²) in [6.07, 6.45) is -4.33. The van der Waals surface area contributed by atoms with Gasteiger partial charge in [-0.3, -0.25) is 0 Å². The van der Waals surface area contributed by atoms with E-state index in [2.05, 4.69) is 28.0 Å². The van der Waals surface area contributed by atoms with E-state index >= 15 is 0 Å². The third-order valence-electron chi connectivity index (χ3n) is 4.90. The predicted molar refractivity (Wildman–Crippen MR) is 98.7 cm³/mol. The molecule has 0 fully saturated rings. The van der Waals surface area contributed by atoms with Crippen LogP contribution in [-0.2, 0) is 12.7 Å². The Morgan fingerprint density at radius 1 is 0.846 bits per heavy atom. The van der Waals surface area contributed by atoms with Crippen molar-refractivity contribution in [2.24, 2.45) is 0 Å². The molecule has 0 amide bonds. The van der Waals surface area contributed by atoms with Crippen molar-refractivity contribution < 1.29 is 13.2 Å². The summed E-state index contributed by atoms with van der Waals surface area (Å²) in [6.45, 7) is 2.00. The molecule has 26 heavy (non-hydrogen) atoms. The molecule has 3 aromatic rings. The normalized spacial score (nSPS) is 15.8. The molecule has 0 saturated heterocycles. The average Bonchev–Trinajstić information content (AvgIpc) is 2.78. The molecule has 1 aliphatic rings. The Morgan fingerprint density at radius 3 is 2.42 bits per heavy atom. The number of hydrogen-bond donors (Lipinski definition) is 0. The maximum absolute atomic E-state index is 13.2. The fourth-order valence-corrected chi connectivity index (χ4v) is 3.61. The molecule has 0 bridgehead atoms. The minimum Gasteiger partial charge on any atom is -0.339 e. The highest BCUT2D eigenvalue weighted by Crippen LogP contribution is 2.38. The van der Waals surface area contributed by atoms with E-state index < -0.39 is 11.7 Å². The molecular weight excluding hydrogens is 337 g/mol. The topological polar surface area (TPSA) is 6.48 Å². The summed E-state index contributed by atoms with van der Waals surface area (Å²) in [7, 11) is 1.94. The highest BCUT2D eigenvalue weighted by Gasteiger charge is 2.32. The summed E-state index contributed by atoms with van der Waals surface area (Å²) < 4.78 is 39.5. The molecule has 2 nitrogen and oxygen atoms in total. The molecule has 1 aliphatic heterocycles. The Labute approximate surface area is 150 Å². The van der Waals surface area contributed by atoms with Crippen molar-refractivity contribution in [3.05, 3.63) is 71.8 Å². The first kappa shape index (κ1) is 16.9. The van der Waals surface area contributed by atoms with Crippen molar-refractivity contribution in [2.75, 3.05) is 25.0 Å². The highest BCUT2D eigenvalue weighted by molar-refractivity contribution is 5.96. The third kappa shape index (κ3) is 3.03. The van der Waals surface area contributed by atoms with Crippen LogP contribution in [0.2, 0.25) is 0 Å². The summed E-state index contributed by atoms with van der Waals surface area (Å²) >= 11 is 0. The Kier molecular flexibility index (Phi) is 4.11. The van der Waals surface area contributed by atoms with Gasteiger partial charge in [0.2, 0.25) is 0 Å². The minimum atomic E-state index is -4.33. The van der Waals surface area contributed by atoms with Gasteiger partial charge in [-0.1, -0.05) is 36.4 Å². The lowest BCUT2D eigenvalue weighted by Crippen LogP contribution is -2.26. The first-order valence-corrected chi connectivity index (χ1v) is 8.57. The van der Waals surface area contributed by atoms with Crippen molar-refractivity contribution in [1.29, 1.82) is 0 Å². The van der Waals surface area contributed by atoms with Crippen LogP contribution >= 0.6 is 0 Å². The second-order valence-corrected chi connectivity index (χ2v) is 6.73. The molecule has 0 radical (unpaired) electrons. The van der Waals surface area contributed by atoms with E-state index in [-0.39, 0.29) is 0 Å². The molecule has 0 aromatic heterocycles. The van der Waals surface area contributed by atoms with Crippen LogP contribution in [0.1, 0.15) is 11.1 Å². The predicted octanol–water partition coefficient (Wildman–Crippen LogP) is 5.44. The standard InChI is InChI=1S/C21H19F3N2/c1-25-11-12-26(20-8-4-6-15-5-2-3-7-18(15)20)19-10-9-17(21(22,23)24)13-16(19)14-25/h2-10,13H,11-12,14H2,1H3. The molecular formula is C21H19F3N2. The summed E-state index contributed by atoms with van der Waals surface area (Å²) in [6, 6.07) is 18.3. The molecule has 0 N–H and O–H groups in total. The Morgan fingerprint density at radius 2 is 1.62 bits per heavy atom. The molecule has 0 atom stereocenters. The number of benzene rings is 3. The fraction of sp³-hybridized carbons (Fsp3) is 0.238. The van der Waals surface area contributed by atoms with Crippen molar-refractivity contribution in [3.63, 3.8) is 0 Å². The van der Waals surface area contributed by atoms with Gasteiger partial charge in [0.1, 0.15) is 0 Å². The van der Waals surface area contributed by atoms with Crippen LogP contribution in [0, 0.1) is 0 Å². The number of hydrogen-bond acceptors (Lipinski definition) is 2. The van der Waals surface area contributed by atoms with Crippen molar-refractivity contribution in [1.82, 2.24) is 4.90 Å². The van der Waals surface area contributed by atoms with Crippen molar-refractivity contribution in [2.45, 2.75) is 12.7 Å². The van der Waals surface area contributed by atoms with E-state index in [1.54, 1.807) is 6.07 Å². The van der Waals surface area contributed by atoms with Crippen LogP contribution in [0.25, 0.3) is 10.8 Å². The largest absolute Gasteiger partial charge is 0.416 e. The molecule has 3 aromatic carbocycles.